The normalized spacial score (nSPS) is 13.0. The second kappa shape index (κ2) is 66.1. The number of hydrogen-bond donors (Lipinski definition) is 0. The van der Waals surface area contributed by atoms with Gasteiger partial charge in [-0.3, -0.25) is 14.4 Å². The molecule has 1 unspecified atom stereocenters. The molecule has 0 amide bonds. The maximum Gasteiger partial charge on any atom is 0.306 e. The Morgan fingerprint density at radius 2 is 0.506 bits per heavy atom. The molecule has 0 rings (SSSR count). The summed E-state index contributed by atoms with van der Waals surface area (Å²) >= 11 is 0. The van der Waals surface area contributed by atoms with Crippen molar-refractivity contribution < 1.29 is 28.6 Å². The minimum atomic E-state index is -0.820. The molecule has 79 heavy (non-hydrogen) atoms. The van der Waals surface area contributed by atoms with E-state index in [1.54, 1.807) is 0 Å². The highest BCUT2D eigenvalue weighted by atomic mass is 16.6. The molecular formula is C73H120O6. The number of unbranched alkanes of at least 4 members (excludes halogenated alkanes) is 25. The summed E-state index contributed by atoms with van der Waals surface area (Å²) in [7, 11) is 0. The lowest BCUT2D eigenvalue weighted by Crippen LogP contribution is -2.30. The molecule has 0 aliphatic carbocycles. The lowest BCUT2D eigenvalue weighted by Gasteiger charge is -2.18. The smallest absolute Gasteiger partial charge is 0.306 e. The van der Waals surface area contributed by atoms with Gasteiger partial charge in [-0.1, -0.05) is 270 Å². The van der Waals surface area contributed by atoms with Gasteiger partial charge in [0.05, 0.1) is 0 Å². The van der Waals surface area contributed by atoms with Crippen LogP contribution in [0, 0.1) is 0 Å². The highest BCUT2D eigenvalue weighted by molar-refractivity contribution is 5.71. The van der Waals surface area contributed by atoms with Gasteiger partial charge < -0.3 is 14.2 Å². The second-order valence-electron chi connectivity index (χ2n) is 21.3. The molecule has 0 aromatic carbocycles. The van der Waals surface area contributed by atoms with Crippen molar-refractivity contribution in [1.29, 1.82) is 0 Å². The molecule has 0 spiro atoms. The third-order valence-corrected chi connectivity index (χ3v) is 13.6. The van der Waals surface area contributed by atoms with Gasteiger partial charge in [0.1, 0.15) is 13.2 Å². The van der Waals surface area contributed by atoms with Gasteiger partial charge in [0.25, 0.3) is 0 Å². The van der Waals surface area contributed by atoms with Crippen molar-refractivity contribution in [3.8, 4) is 0 Å². The third-order valence-electron chi connectivity index (χ3n) is 13.6. The molecule has 0 saturated carbocycles. The summed E-state index contributed by atoms with van der Waals surface area (Å²) in [5, 5.41) is 0. The van der Waals surface area contributed by atoms with Crippen LogP contribution >= 0.6 is 0 Å². The van der Waals surface area contributed by atoms with E-state index < -0.39 is 6.10 Å². The van der Waals surface area contributed by atoms with Crippen molar-refractivity contribution in [2.45, 2.75) is 297 Å². The van der Waals surface area contributed by atoms with Crippen LogP contribution in [0.5, 0.6) is 0 Å². The SMILES string of the molecule is CC/C=C\C/C=C\C/C=C\C/C=C\C/C=C\C/C=C\C/C=C\CCCC(=O)OC(COC(=O)CCCCCCC/C=C\CCCCCC)COC(=O)CCCCCCCCCCCC/C=C\C/C=C\C/C=C\CCCCCCC. The van der Waals surface area contributed by atoms with E-state index in [0.717, 1.165) is 116 Å². The Morgan fingerprint density at radius 3 is 0.835 bits per heavy atom. The average molecular weight is 1090 g/mol. The maximum atomic E-state index is 12.9. The fraction of sp³-hybridized carbons (Fsp3) is 0.658. The first kappa shape index (κ1) is 74.5. The van der Waals surface area contributed by atoms with Crippen molar-refractivity contribution in [3.05, 3.63) is 134 Å². The number of carbonyl (C=O) groups is 3. The quantitative estimate of drug-likeness (QED) is 0.0261. The highest BCUT2D eigenvalue weighted by Crippen LogP contribution is 2.15. The van der Waals surface area contributed by atoms with Crippen molar-refractivity contribution in [2.75, 3.05) is 13.2 Å². The molecule has 0 bridgehead atoms. The van der Waals surface area contributed by atoms with Gasteiger partial charge in [-0.15, -0.1) is 0 Å². The van der Waals surface area contributed by atoms with E-state index in [4.69, 9.17) is 14.2 Å². The number of hydrogen-bond acceptors (Lipinski definition) is 6. The van der Waals surface area contributed by atoms with Crippen LogP contribution in [0.25, 0.3) is 0 Å². The van der Waals surface area contributed by atoms with Crippen molar-refractivity contribution in [1.82, 2.24) is 0 Å². The van der Waals surface area contributed by atoms with Crippen molar-refractivity contribution in [3.63, 3.8) is 0 Å². The number of carbonyl (C=O) groups excluding carboxylic acids is 3. The van der Waals surface area contributed by atoms with E-state index in [9.17, 15) is 14.4 Å². The molecule has 1 atom stereocenters. The Morgan fingerprint density at radius 1 is 0.266 bits per heavy atom. The summed E-state index contributed by atoms with van der Waals surface area (Å²) in [4.78, 5) is 38.3. The Balaban J connectivity index is 4.45. The first-order valence-corrected chi connectivity index (χ1v) is 32.7. The fourth-order valence-electron chi connectivity index (χ4n) is 8.73. The van der Waals surface area contributed by atoms with Crippen LogP contribution in [-0.2, 0) is 28.6 Å². The average Bonchev–Trinajstić information content (AvgIpc) is 3.45. The lowest BCUT2D eigenvalue weighted by atomic mass is 10.1. The summed E-state index contributed by atoms with van der Waals surface area (Å²) in [5.41, 5.74) is 0. The molecule has 0 radical (unpaired) electrons. The number of allylic oxidation sites excluding steroid dienone is 22. The van der Waals surface area contributed by atoms with Crippen LogP contribution in [0.2, 0.25) is 0 Å². The summed E-state index contributed by atoms with van der Waals surface area (Å²) in [5.74, 6) is -0.980. The molecule has 0 N–H and O–H groups in total. The van der Waals surface area contributed by atoms with Gasteiger partial charge in [0.2, 0.25) is 0 Å². The van der Waals surface area contributed by atoms with Crippen LogP contribution in [0.15, 0.2) is 134 Å². The summed E-state index contributed by atoms with van der Waals surface area (Å²) in [6.45, 7) is 6.45. The minimum absolute atomic E-state index is 0.109. The highest BCUT2D eigenvalue weighted by Gasteiger charge is 2.19. The maximum absolute atomic E-state index is 12.9. The Labute approximate surface area is 487 Å². The fourth-order valence-corrected chi connectivity index (χ4v) is 8.73. The molecule has 0 aromatic rings. The predicted molar refractivity (Wildman–Crippen MR) is 343 cm³/mol. The van der Waals surface area contributed by atoms with E-state index in [1.165, 1.54) is 128 Å². The molecule has 0 aliphatic rings. The van der Waals surface area contributed by atoms with Crippen molar-refractivity contribution in [2.24, 2.45) is 0 Å². The van der Waals surface area contributed by atoms with Gasteiger partial charge in [-0.25, -0.2) is 0 Å². The van der Waals surface area contributed by atoms with E-state index in [1.807, 2.05) is 0 Å². The standard InChI is InChI=1S/C73H120O6/c1-4-7-10-13-16-19-22-25-27-29-31-33-35-36-38-39-41-43-45-48-51-54-57-60-63-66-72(75)78-69-70(68-77-71(74)65-62-59-56-53-50-47-24-21-18-15-12-9-6-3)79-73(76)67-64-61-58-55-52-49-46-44-42-40-37-34-32-30-28-26-23-20-17-14-11-8-5-2/h8,11,17,20-22,24-26,28-29,31-32,34-36,40,42,46,49,55,58,70H,4-7,9-10,12-16,18-19,23,27,30,33,37-39,41,43-45,47-48,50-54,56-57,59-69H2,1-3H3/b11-8-,20-17-,24-21-,25-22-,28-26-,31-29-,34-32-,36-35-,42-40-,49-46-,58-55-. The van der Waals surface area contributed by atoms with E-state index in [0.29, 0.717) is 19.3 Å². The zero-order valence-corrected chi connectivity index (χ0v) is 51.3. The van der Waals surface area contributed by atoms with E-state index in [2.05, 4.69) is 154 Å². The van der Waals surface area contributed by atoms with Crippen LogP contribution in [0.3, 0.4) is 0 Å². The lowest BCUT2D eigenvalue weighted by molar-refractivity contribution is -0.167. The largest absolute Gasteiger partial charge is 0.462 e. The third kappa shape index (κ3) is 64.3. The van der Waals surface area contributed by atoms with Crippen LogP contribution < -0.4 is 0 Å². The Bertz CT molecular complexity index is 1680. The number of rotatable bonds is 58. The van der Waals surface area contributed by atoms with Gasteiger partial charge in [0.15, 0.2) is 6.10 Å². The Hall–Kier alpha value is -4.45. The second-order valence-corrected chi connectivity index (χ2v) is 21.3. The number of ether oxygens (including phenoxy) is 3. The molecule has 448 valence electrons. The molecular weight excluding hydrogens is 973 g/mol. The van der Waals surface area contributed by atoms with Crippen LogP contribution in [0.4, 0.5) is 0 Å². The van der Waals surface area contributed by atoms with Gasteiger partial charge in [-0.2, -0.15) is 0 Å². The molecule has 0 saturated heterocycles. The molecule has 0 aliphatic heterocycles. The van der Waals surface area contributed by atoms with Gasteiger partial charge in [-0.05, 0) is 135 Å². The zero-order chi connectivity index (χ0) is 57.1. The van der Waals surface area contributed by atoms with E-state index in [-0.39, 0.29) is 37.5 Å². The summed E-state index contributed by atoms with van der Waals surface area (Å²) < 4.78 is 16.9. The monoisotopic (exact) mass is 1090 g/mol. The molecule has 6 heteroatoms. The first-order valence-electron chi connectivity index (χ1n) is 32.7. The Kier molecular flexibility index (Phi) is 62.3. The van der Waals surface area contributed by atoms with Crippen LogP contribution in [0.1, 0.15) is 290 Å². The molecule has 0 heterocycles. The zero-order valence-electron chi connectivity index (χ0n) is 51.3. The molecule has 6 nitrogen and oxygen atoms in total. The number of esters is 3. The predicted octanol–water partition coefficient (Wildman–Crippen LogP) is 22.5. The van der Waals surface area contributed by atoms with Gasteiger partial charge in [0, 0.05) is 19.3 Å². The first-order chi connectivity index (χ1) is 39.0. The topological polar surface area (TPSA) is 78.9 Å². The molecule has 0 aromatic heterocycles. The van der Waals surface area contributed by atoms with Crippen molar-refractivity contribution >= 4 is 17.9 Å². The minimum Gasteiger partial charge on any atom is -0.462 e. The van der Waals surface area contributed by atoms with Crippen LogP contribution in [-0.4, -0.2) is 37.2 Å². The van der Waals surface area contributed by atoms with Gasteiger partial charge >= 0.3 is 17.9 Å². The molecule has 0 fully saturated rings. The summed E-state index contributed by atoms with van der Waals surface area (Å²) in [6, 6.07) is 0. The van der Waals surface area contributed by atoms with E-state index >= 15 is 0 Å². The summed E-state index contributed by atoms with van der Waals surface area (Å²) in [6.07, 6.45) is 93.2.